The number of alkyl halides is 3. The molecular formula is C21H21F3N4O. The van der Waals surface area contributed by atoms with E-state index < -0.39 is 11.7 Å². The Morgan fingerprint density at radius 2 is 1.48 bits per heavy atom. The van der Waals surface area contributed by atoms with Crippen molar-refractivity contribution in [1.29, 1.82) is 0 Å². The van der Waals surface area contributed by atoms with Gasteiger partial charge in [0, 0.05) is 17.6 Å². The van der Waals surface area contributed by atoms with E-state index in [1.807, 2.05) is 32.9 Å². The average Bonchev–Trinajstić information content (AvgIpc) is 2.64. The van der Waals surface area contributed by atoms with Gasteiger partial charge in [-0.1, -0.05) is 17.7 Å². The molecule has 0 aliphatic carbocycles. The summed E-state index contributed by atoms with van der Waals surface area (Å²) in [5, 5.41) is 5.65. The van der Waals surface area contributed by atoms with Crippen LogP contribution >= 0.6 is 0 Å². The van der Waals surface area contributed by atoms with Crippen LogP contribution in [0.5, 0.6) is 5.75 Å². The first-order valence-corrected chi connectivity index (χ1v) is 9.02. The van der Waals surface area contributed by atoms with Gasteiger partial charge in [0.1, 0.15) is 17.1 Å². The summed E-state index contributed by atoms with van der Waals surface area (Å²) >= 11 is 0. The Morgan fingerprint density at radius 3 is 2.07 bits per heavy atom. The van der Waals surface area contributed by atoms with Crippen LogP contribution in [-0.4, -0.2) is 16.1 Å². The molecule has 0 bridgehead atoms. The first-order valence-electron chi connectivity index (χ1n) is 9.02. The lowest BCUT2D eigenvalue weighted by molar-refractivity contribution is -0.137. The first kappa shape index (κ1) is 20.4. The van der Waals surface area contributed by atoms with E-state index in [4.69, 9.17) is 4.74 Å². The maximum absolute atomic E-state index is 13.4. The van der Waals surface area contributed by atoms with Gasteiger partial charge in [-0.25, -0.2) is 4.98 Å². The summed E-state index contributed by atoms with van der Waals surface area (Å²) in [7, 11) is 0. The fourth-order valence-corrected chi connectivity index (χ4v) is 2.54. The number of nitrogens with zero attached hydrogens (tertiary/aromatic N) is 2. The maximum atomic E-state index is 13.4. The number of nitrogens with one attached hydrogen (secondary N) is 2. The van der Waals surface area contributed by atoms with Crippen molar-refractivity contribution < 1.29 is 17.9 Å². The SMILES string of the molecule is Cc1ccc(Nc2ncc(C(F)(F)F)c(Nc3ccc(OC(C)C)cc3)n2)cc1. The Morgan fingerprint density at radius 1 is 0.897 bits per heavy atom. The summed E-state index contributed by atoms with van der Waals surface area (Å²) in [4.78, 5) is 7.85. The van der Waals surface area contributed by atoms with Crippen molar-refractivity contribution in [3.05, 3.63) is 65.9 Å². The Labute approximate surface area is 167 Å². The van der Waals surface area contributed by atoms with Crippen molar-refractivity contribution in [3.63, 3.8) is 0 Å². The fraction of sp³-hybridized carbons (Fsp3) is 0.238. The van der Waals surface area contributed by atoms with Gasteiger partial charge in [0.2, 0.25) is 5.95 Å². The summed E-state index contributed by atoms with van der Waals surface area (Å²) in [5.74, 6) is 0.356. The zero-order chi connectivity index (χ0) is 21.0. The number of rotatable bonds is 6. The van der Waals surface area contributed by atoms with Crippen molar-refractivity contribution >= 4 is 23.1 Å². The zero-order valence-corrected chi connectivity index (χ0v) is 16.2. The van der Waals surface area contributed by atoms with Gasteiger partial charge in [0.25, 0.3) is 0 Å². The Bertz CT molecular complexity index is 955. The zero-order valence-electron chi connectivity index (χ0n) is 16.2. The van der Waals surface area contributed by atoms with Crippen LogP contribution in [0.25, 0.3) is 0 Å². The van der Waals surface area contributed by atoms with Crippen LogP contribution in [0.4, 0.5) is 36.3 Å². The van der Waals surface area contributed by atoms with Gasteiger partial charge in [-0.2, -0.15) is 18.2 Å². The van der Waals surface area contributed by atoms with Crippen LogP contribution in [-0.2, 0) is 6.18 Å². The quantitative estimate of drug-likeness (QED) is 0.523. The molecule has 29 heavy (non-hydrogen) atoms. The van der Waals surface area contributed by atoms with Crippen LogP contribution in [0.15, 0.2) is 54.7 Å². The van der Waals surface area contributed by atoms with Crippen LogP contribution in [0.3, 0.4) is 0 Å². The lowest BCUT2D eigenvalue weighted by Gasteiger charge is -2.15. The van der Waals surface area contributed by atoms with Crippen molar-refractivity contribution in [2.45, 2.75) is 33.1 Å². The van der Waals surface area contributed by atoms with E-state index in [1.165, 1.54) is 0 Å². The minimum atomic E-state index is -4.59. The number of hydrogen-bond donors (Lipinski definition) is 2. The Balaban J connectivity index is 1.87. The molecule has 0 aliphatic heterocycles. The number of ether oxygens (including phenoxy) is 1. The Kier molecular flexibility index (Phi) is 5.91. The summed E-state index contributed by atoms with van der Waals surface area (Å²) in [5.41, 5.74) is 1.24. The smallest absolute Gasteiger partial charge is 0.421 e. The minimum Gasteiger partial charge on any atom is -0.491 e. The van der Waals surface area contributed by atoms with Gasteiger partial charge in [-0.3, -0.25) is 0 Å². The standard InChI is InChI=1S/C21H21F3N4O/c1-13(2)29-17-10-8-15(9-11-17)26-19-18(21(22,23)24)12-25-20(28-19)27-16-6-4-14(3)5-7-16/h4-13H,1-3H3,(H2,25,26,27,28). The molecule has 0 fully saturated rings. The third kappa shape index (κ3) is 5.60. The van der Waals surface area contributed by atoms with Crippen molar-refractivity contribution in [2.75, 3.05) is 10.6 Å². The van der Waals surface area contributed by atoms with Crippen LogP contribution in [0, 0.1) is 6.92 Å². The second kappa shape index (κ2) is 8.38. The number of aromatic nitrogens is 2. The number of anilines is 4. The lowest BCUT2D eigenvalue weighted by atomic mass is 10.2. The van der Waals surface area contributed by atoms with Crippen molar-refractivity contribution in [1.82, 2.24) is 9.97 Å². The monoisotopic (exact) mass is 402 g/mol. The topological polar surface area (TPSA) is 59.1 Å². The van der Waals surface area contributed by atoms with Crippen LogP contribution < -0.4 is 15.4 Å². The summed E-state index contributed by atoms with van der Waals surface area (Å²) in [6.45, 7) is 5.73. The number of halogens is 3. The third-order valence-electron chi connectivity index (χ3n) is 3.89. The number of benzene rings is 2. The predicted molar refractivity (Wildman–Crippen MR) is 107 cm³/mol. The maximum Gasteiger partial charge on any atom is 0.421 e. The molecule has 2 aromatic carbocycles. The van der Waals surface area contributed by atoms with E-state index in [-0.39, 0.29) is 17.9 Å². The third-order valence-corrected chi connectivity index (χ3v) is 3.89. The molecule has 0 atom stereocenters. The van der Waals surface area contributed by atoms with E-state index in [9.17, 15) is 13.2 Å². The average molecular weight is 402 g/mol. The van der Waals surface area contributed by atoms with Crippen molar-refractivity contribution in [2.24, 2.45) is 0 Å². The van der Waals surface area contributed by atoms with Gasteiger partial charge < -0.3 is 15.4 Å². The molecule has 1 heterocycles. The molecule has 3 rings (SSSR count). The van der Waals surface area contributed by atoms with E-state index in [1.54, 1.807) is 36.4 Å². The lowest BCUT2D eigenvalue weighted by Crippen LogP contribution is -2.12. The molecule has 0 saturated carbocycles. The van der Waals surface area contributed by atoms with Gasteiger partial charge in [-0.15, -0.1) is 0 Å². The van der Waals surface area contributed by atoms with E-state index in [2.05, 4.69) is 20.6 Å². The Hall–Kier alpha value is -3.29. The molecule has 0 radical (unpaired) electrons. The van der Waals surface area contributed by atoms with Gasteiger partial charge in [0.05, 0.1) is 6.10 Å². The normalized spacial score (nSPS) is 11.4. The molecular weight excluding hydrogens is 381 g/mol. The molecule has 5 nitrogen and oxygen atoms in total. The largest absolute Gasteiger partial charge is 0.491 e. The summed E-state index contributed by atoms with van der Waals surface area (Å²) in [6.07, 6.45) is -3.82. The molecule has 8 heteroatoms. The summed E-state index contributed by atoms with van der Waals surface area (Å²) in [6, 6.07) is 14.0. The van der Waals surface area contributed by atoms with Gasteiger partial charge >= 0.3 is 6.18 Å². The second-order valence-electron chi connectivity index (χ2n) is 6.76. The van der Waals surface area contributed by atoms with Crippen molar-refractivity contribution in [3.8, 4) is 5.75 Å². The number of hydrogen-bond acceptors (Lipinski definition) is 5. The van der Waals surface area contributed by atoms with Crippen LogP contribution in [0.2, 0.25) is 0 Å². The van der Waals surface area contributed by atoms with Gasteiger partial charge in [-0.05, 0) is 57.2 Å². The minimum absolute atomic E-state index is 0.00270. The molecule has 0 aliphatic rings. The van der Waals surface area contributed by atoms with Gasteiger partial charge in [0.15, 0.2) is 0 Å². The highest BCUT2D eigenvalue weighted by Gasteiger charge is 2.35. The molecule has 0 amide bonds. The highest BCUT2D eigenvalue weighted by molar-refractivity contribution is 5.63. The second-order valence-corrected chi connectivity index (χ2v) is 6.76. The predicted octanol–water partition coefficient (Wildman–Crippen LogP) is 6.08. The molecule has 2 N–H and O–H groups in total. The van der Waals surface area contributed by atoms with Crippen LogP contribution in [0.1, 0.15) is 25.0 Å². The summed E-state index contributed by atoms with van der Waals surface area (Å²) < 4.78 is 45.8. The van der Waals surface area contributed by atoms with E-state index in [0.29, 0.717) is 17.1 Å². The number of aryl methyl sites for hydroxylation is 1. The molecule has 0 spiro atoms. The first-order chi connectivity index (χ1) is 13.7. The molecule has 3 aromatic rings. The highest BCUT2D eigenvalue weighted by atomic mass is 19.4. The van der Waals surface area contributed by atoms with E-state index in [0.717, 1.165) is 11.8 Å². The fourth-order valence-electron chi connectivity index (χ4n) is 2.54. The molecule has 0 unspecified atom stereocenters. The van der Waals surface area contributed by atoms with E-state index >= 15 is 0 Å². The molecule has 1 aromatic heterocycles. The molecule has 0 saturated heterocycles. The molecule has 152 valence electrons. The highest BCUT2D eigenvalue weighted by Crippen LogP contribution is 2.35.